The van der Waals surface area contributed by atoms with Crippen molar-refractivity contribution in [3.05, 3.63) is 65.4 Å². The van der Waals surface area contributed by atoms with Crippen molar-refractivity contribution >= 4 is 16.9 Å². The van der Waals surface area contributed by atoms with Gasteiger partial charge in [0.25, 0.3) is 0 Å². The number of aromatic carboxylic acids is 1. The molecule has 0 bridgehead atoms. The summed E-state index contributed by atoms with van der Waals surface area (Å²) in [6, 6.07) is 15.3. The number of aromatic nitrogens is 1. The number of benzene rings is 2. The number of ether oxygens (including phenoxy) is 1. The van der Waals surface area contributed by atoms with Crippen LogP contribution < -0.4 is 4.74 Å². The van der Waals surface area contributed by atoms with Gasteiger partial charge in [0.1, 0.15) is 23.1 Å². The molecule has 6 heteroatoms. The molecule has 3 aromatic rings. The van der Waals surface area contributed by atoms with Crippen molar-refractivity contribution in [1.29, 1.82) is 5.26 Å². The zero-order valence-corrected chi connectivity index (χ0v) is 14.9. The van der Waals surface area contributed by atoms with Crippen molar-refractivity contribution in [1.82, 2.24) is 4.57 Å². The Morgan fingerprint density at radius 1 is 1.22 bits per heavy atom. The summed E-state index contributed by atoms with van der Waals surface area (Å²) in [5.74, 6) is -0.552. The van der Waals surface area contributed by atoms with Crippen LogP contribution >= 0.6 is 0 Å². The first kappa shape index (κ1) is 17.1. The van der Waals surface area contributed by atoms with Gasteiger partial charge >= 0.3 is 5.97 Å². The van der Waals surface area contributed by atoms with Crippen LogP contribution in [0.2, 0.25) is 0 Å². The third kappa shape index (κ3) is 2.56. The van der Waals surface area contributed by atoms with E-state index in [9.17, 15) is 20.3 Å². The van der Waals surface area contributed by atoms with E-state index in [2.05, 4.69) is 6.07 Å². The number of hydrogen-bond donors (Lipinski definition) is 2. The van der Waals surface area contributed by atoms with Crippen LogP contribution in [0.25, 0.3) is 10.9 Å². The Labute approximate surface area is 155 Å². The molecule has 0 amide bonds. The maximum Gasteiger partial charge on any atom is 0.352 e. The van der Waals surface area contributed by atoms with E-state index in [1.54, 1.807) is 42.7 Å². The Morgan fingerprint density at radius 2 is 1.96 bits per heavy atom. The Balaban J connectivity index is 2.07. The average Bonchev–Trinajstić information content (AvgIpc) is 3.02. The number of carboxylic acids is 1. The van der Waals surface area contributed by atoms with Gasteiger partial charge in [-0.15, -0.1) is 0 Å². The van der Waals surface area contributed by atoms with Crippen molar-refractivity contribution < 1.29 is 19.7 Å². The number of nitrogens with zero attached hydrogens (tertiary/aromatic N) is 2. The van der Waals surface area contributed by atoms with Crippen LogP contribution in [0.4, 0.5) is 0 Å². The van der Waals surface area contributed by atoms with Crippen LogP contribution in [0.5, 0.6) is 5.75 Å². The Kier molecular flexibility index (Phi) is 3.72. The summed E-state index contributed by atoms with van der Waals surface area (Å²) in [4.78, 5) is 12.0. The number of fused-ring (bicyclic) bond motifs is 2. The zero-order valence-electron chi connectivity index (χ0n) is 14.9. The quantitative estimate of drug-likeness (QED) is 0.729. The molecule has 2 heterocycles. The molecule has 0 spiro atoms. The Hall–Kier alpha value is -3.30. The van der Waals surface area contributed by atoms with Crippen LogP contribution in [0.3, 0.4) is 0 Å². The molecule has 1 aliphatic heterocycles. The normalized spacial score (nSPS) is 20.5. The highest BCUT2D eigenvalue weighted by Crippen LogP contribution is 2.44. The fourth-order valence-electron chi connectivity index (χ4n) is 3.76. The van der Waals surface area contributed by atoms with Crippen LogP contribution in [-0.4, -0.2) is 32.5 Å². The number of aliphatic hydroxyl groups is 1. The molecule has 1 aromatic heterocycles. The van der Waals surface area contributed by atoms with E-state index < -0.39 is 23.7 Å². The van der Waals surface area contributed by atoms with Crippen molar-refractivity contribution in [2.75, 3.05) is 0 Å². The number of nitriles is 1. The third-order valence-corrected chi connectivity index (χ3v) is 5.09. The molecule has 136 valence electrons. The third-order valence-electron chi connectivity index (χ3n) is 5.09. The molecule has 2 N–H and O–H groups in total. The van der Waals surface area contributed by atoms with Gasteiger partial charge in [-0.1, -0.05) is 18.2 Å². The number of carboxylic acid groups (broad SMARTS) is 1. The van der Waals surface area contributed by atoms with Crippen LogP contribution in [-0.2, 0) is 0 Å². The zero-order chi connectivity index (χ0) is 19.3. The minimum atomic E-state index is -1.08. The van der Waals surface area contributed by atoms with E-state index in [0.29, 0.717) is 22.4 Å². The van der Waals surface area contributed by atoms with Gasteiger partial charge in [0.15, 0.2) is 0 Å². The minimum Gasteiger partial charge on any atom is -0.485 e. The molecule has 0 fully saturated rings. The van der Waals surface area contributed by atoms with Gasteiger partial charge in [-0.25, -0.2) is 4.79 Å². The summed E-state index contributed by atoms with van der Waals surface area (Å²) in [7, 11) is 0. The molecule has 27 heavy (non-hydrogen) atoms. The van der Waals surface area contributed by atoms with E-state index in [4.69, 9.17) is 4.74 Å². The van der Waals surface area contributed by atoms with Gasteiger partial charge in [0.05, 0.1) is 17.7 Å². The predicted molar refractivity (Wildman–Crippen MR) is 98.9 cm³/mol. The number of aliphatic hydroxyl groups excluding tert-OH is 1. The van der Waals surface area contributed by atoms with Crippen molar-refractivity contribution in [2.24, 2.45) is 0 Å². The molecule has 0 unspecified atom stereocenters. The maximum absolute atomic E-state index is 12.0. The lowest BCUT2D eigenvalue weighted by atomic mass is 9.85. The molecule has 2 aromatic carbocycles. The van der Waals surface area contributed by atoms with Crippen molar-refractivity contribution in [3.8, 4) is 11.8 Å². The van der Waals surface area contributed by atoms with Gasteiger partial charge in [-0.05, 0) is 44.2 Å². The summed E-state index contributed by atoms with van der Waals surface area (Å²) in [5.41, 5.74) is 0.844. The van der Waals surface area contributed by atoms with Gasteiger partial charge in [0, 0.05) is 16.5 Å². The lowest BCUT2D eigenvalue weighted by Gasteiger charge is -2.43. The summed E-state index contributed by atoms with van der Waals surface area (Å²) in [6.07, 6.45) is -1.02. The molecule has 0 radical (unpaired) electrons. The first-order chi connectivity index (χ1) is 12.8. The molecule has 1 aliphatic rings. The lowest BCUT2D eigenvalue weighted by Crippen LogP contribution is -2.51. The summed E-state index contributed by atoms with van der Waals surface area (Å²) in [5, 5.41) is 31.0. The Bertz CT molecular complexity index is 1110. The van der Waals surface area contributed by atoms with E-state index >= 15 is 0 Å². The van der Waals surface area contributed by atoms with E-state index in [0.717, 1.165) is 5.39 Å². The van der Waals surface area contributed by atoms with Crippen molar-refractivity contribution in [2.45, 2.75) is 31.6 Å². The summed E-state index contributed by atoms with van der Waals surface area (Å²) in [6.45, 7) is 3.52. The number of carbonyl (C=O) groups is 1. The number of hydrogen-bond acceptors (Lipinski definition) is 4. The highest BCUT2D eigenvalue weighted by atomic mass is 16.5. The largest absolute Gasteiger partial charge is 0.485 e. The van der Waals surface area contributed by atoms with Gasteiger partial charge in [0.2, 0.25) is 0 Å². The fraction of sp³-hybridized carbons (Fsp3) is 0.238. The second-order valence-corrected chi connectivity index (χ2v) is 7.22. The monoisotopic (exact) mass is 362 g/mol. The standard InChI is InChI=1S/C21H18N2O4/c1-21(2)19(24)18(14-9-12(11-22)7-8-17(14)27-21)23-15-6-4-3-5-13(15)10-16(23)20(25)26/h3-10,18-19,24H,1-2H3,(H,25,26)/t18-,19+/m1/s1. The van der Waals surface area contributed by atoms with Gasteiger partial charge in [-0.3, -0.25) is 0 Å². The van der Waals surface area contributed by atoms with Gasteiger partial charge in [-0.2, -0.15) is 5.26 Å². The Morgan fingerprint density at radius 3 is 2.67 bits per heavy atom. The van der Waals surface area contributed by atoms with E-state index in [1.165, 1.54) is 0 Å². The fourth-order valence-corrected chi connectivity index (χ4v) is 3.76. The first-order valence-corrected chi connectivity index (χ1v) is 8.58. The summed E-state index contributed by atoms with van der Waals surface area (Å²) >= 11 is 0. The number of para-hydroxylation sites is 1. The molecule has 6 nitrogen and oxygen atoms in total. The molecular weight excluding hydrogens is 344 g/mol. The smallest absolute Gasteiger partial charge is 0.352 e. The number of rotatable bonds is 2. The maximum atomic E-state index is 12.0. The summed E-state index contributed by atoms with van der Waals surface area (Å²) < 4.78 is 7.58. The average molecular weight is 362 g/mol. The van der Waals surface area contributed by atoms with E-state index in [1.807, 2.05) is 24.3 Å². The second-order valence-electron chi connectivity index (χ2n) is 7.22. The highest BCUT2D eigenvalue weighted by molar-refractivity contribution is 5.95. The predicted octanol–water partition coefficient (Wildman–Crippen LogP) is 3.33. The topological polar surface area (TPSA) is 95.5 Å². The SMILES string of the molecule is CC1(C)Oc2ccc(C#N)cc2[C@@H](n2c(C(=O)O)cc3ccccc32)[C@@H]1O. The molecular formula is C21H18N2O4. The van der Waals surface area contributed by atoms with Crippen LogP contribution in [0.15, 0.2) is 48.5 Å². The molecule has 0 saturated carbocycles. The molecule has 2 atom stereocenters. The second kappa shape index (κ2) is 5.86. The molecule has 0 aliphatic carbocycles. The van der Waals surface area contributed by atoms with Crippen LogP contribution in [0, 0.1) is 11.3 Å². The molecule has 0 saturated heterocycles. The van der Waals surface area contributed by atoms with Gasteiger partial charge < -0.3 is 19.5 Å². The van der Waals surface area contributed by atoms with Crippen LogP contribution in [0.1, 0.15) is 41.5 Å². The molecule has 4 rings (SSSR count). The van der Waals surface area contributed by atoms with E-state index in [-0.39, 0.29) is 5.69 Å². The lowest BCUT2D eigenvalue weighted by molar-refractivity contribution is -0.0632. The first-order valence-electron chi connectivity index (χ1n) is 8.58. The van der Waals surface area contributed by atoms with Crippen molar-refractivity contribution in [3.63, 3.8) is 0 Å². The minimum absolute atomic E-state index is 0.0752. The highest BCUT2D eigenvalue weighted by Gasteiger charge is 2.45.